The lowest BCUT2D eigenvalue weighted by molar-refractivity contribution is -0.166. The highest BCUT2D eigenvalue weighted by atomic mass is 16.6. The van der Waals surface area contributed by atoms with Crippen molar-refractivity contribution in [2.45, 2.75) is 219 Å². The molecule has 0 spiro atoms. The van der Waals surface area contributed by atoms with Crippen LogP contribution in [0, 0.1) is 0 Å². The molecule has 0 aliphatic rings. The van der Waals surface area contributed by atoms with Gasteiger partial charge in [0, 0.05) is 19.3 Å². The fourth-order valence-corrected chi connectivity index (χ4v) is 6.25. The summed E-state index contributed by atoms with van der Waals surface area (Å²) >= 11 is 0. The summed E-state index contributed by atoms with van der Waals surface area (Å²) in [6.45, 7) is 6.45. The lowest BCUT2D eigenvalue weighted by Gasteiger charge is -2.18. The van der Waals surface area contributed by atoms with Gasteiger partial charge in [-0.2, -0.15) is 0 Å². The van der Waals surface area contributed by atoms with Crippen LogP contribution in [-0.4, -0.2) is 37.2 Å². The first-order valence-corrected chi connectivity index (χ1v) is 24.1. The third kappa shape index (κ3) is 45.5. The maximum atomic E-state index is 12.7. The minimum absolute atomic E-state index is 0.114. The van der Waals surface area contributed by atoms with Gasteiger partial charge in [-0.1, -0.05) is 196 Å². The Kier molecular flexibility index (Phi) is 44.5. The minimum atomic E-state index is -0.820. The topological polar surface area (TPSA) is 78.9 Å². The lowest BCUT2D eigenvalue weighted by atomic mass is 10.1. The van der Waals surface area contributed by atoms with Crippen LogP contribution in [0.15, 0.2) is 85.1 Å². The van der Waals surface area contributed by atoms with E-state index < -0.39 is 12.1 Å². The fourth-order valence-electron chi connectivity index (χ4n) is 6.25. The zero-order valence-corrected chi connectivity index (χ0v) is 38.2. The highest BCUT2D eigenvalue weighted by Crippen LogP contribution is 2.12. The van der Waals surface area contributed by atoms with E-state index in [-0.39, 0.29) is 31.6 Å². The van der Waals surface area contributed by atoms with Crippen molar-refractivity contribution in [2.24, 2.45) is 0 Å². The lowest BCUT2D eigenvalue weighted by Crippen LogP contribution is -2.30. The molecule has 0 saturated carbocycles. The van der Waals surface area contributed by atoms with Gasteiger partial charge in [0.05, 0.1) is 0 Å². The van der Waals surface area contributed by atoms with Crippen LogP contribution in [0.2, 0.25) is 0 Å². The number of ether oxygens (including phenoxy) is 3. The summed E-state index contributed by atoms with van der Waals surface area (Å²) in [7, 11) is 0. The molecule has 0 bridgehead atoms. The zero-order valence-electron chi connectivity index (χ0n) is 38.2. The predicted octanol–water partition coefficient (Wildman–Crippen LogP) is 15.6. The van der Waals surface area contributed by atoms with Crippen molar-refractivity contribution in [2.75, 3.05) is 13.2 Å². The van der Waals surface area contributed by atoms with E-state index in [9.17, 15) is 14.4 Å². The summed E-state index contributed by atoms with van der Waals surface area (Å²) in [5.74, 6) is -1.02. The van der Waals surface area contributed by atoms with Crippen molar-refractivity contribution in [1.82, 2.24) is 0 Å². The standard InChI is InChI=1S/C53H88O6/c1-4-7-10-13-16-19-22-24-25-26-27-28-30-31-34-37-40-43-46-52(55)58-49-50(48-57-51(54)45-42-39-36-33-21-18-15-12-9-6-3)59-53(56)47-44-41-38-35-32-29-23-20-17-14-11-8-5-2/h15-16,18-19,22,24-29,32,38,41,50H,4-14,17,20-21,23,30-31,33-37,39-40,42-49H2,1-3H3/b18-15-,19-16-,24-22-,26-25-,28-27-,32-29-,41-38-. The average Bonchev–Trinajstić information content (AvgIpc) is 3.23. The van der Waals surface area contributed by atoms with Crippen LogP contribution in [0.25, 0.3) is 0 Å². The van der Waals surface area contributed by atoms with Crippen molar-refractivity contribution in [3.05, 3.63) is 85.1 Å². The van der Waals surface area contributed by atoms with Crippen molar-refractivity contribution in [1.29, 1.82) is 0 Å². The van der Waals surface area contributed by atoms with E-state index in [4.69, 9.17) is 14.2 Å². The van der Waals surface area contributed by atoms with Crippen LogP contribution in [0.4, 0.5) is 0 Å². The number of allylic oxidation sites excluding steroid dienone is 14. The van der Waals surface area contributed by atoms with Gasteiger partial charge in [-0.3, -0.25) is 14.4 Å². The maximum Gasteiger partial charge on any atom is 0.306 e. The van der Waals surface area contributed by atoms with Crippen molar-refractivity contribution in [3.63, 3.8) is 0 Å². The molecule has 336 valence electrons. The molecule has 6 nitrogen and oxygen atoms in total. The molecule has 1 atom stereocenters. The Balaban J connectivity index is 4.49. The highest BCUT2D eigenvalue weighted by molar-refractivity contribution is 5.71. The number of esters is 3. The number of rotatable bonds is 42. The van der Waals surface area contributed by atoms with Gasteiger partial charge in [-0.25, -0.2) is 0 Å². The Morgan fingerprint density at radius 1 is 0.356 bits per heavy atom. The summed E-state index contributed by atoms with van der Waals surface area (Å²) in [5.41, 5.74) is 0. The van der Waals surface area contributed by atoms with Gasteiger partial charge in [-0.05, 0) is 83.5 Å². The number of carbonyl (C=O) groups is 3. The molecule has 0 N–H and O–H groups in total. The van der Waals surface area contributed by atoms with E-state index >= 15 is 0 Å². The van der Waals surface area contributed by atoms with Crippen molar-refractivity contribution in [3.8, 4) is 0 Å². The van der Waals surface area contributed by atoms with Gasteiger partial charge in [0.15, 0.2) is 6.10 Å². The molecule has 0 radical (unpaired) electrons. The molecule has 0 aromatic rings. The fraction of sp³-hybridized carbons (Fsp3) is 0.679. The number of carbonyl (C=O) groups excluding carboxylic acids is 3. The van der Waals surface area contributed by atoms with Crippen LogP contribution in [0.3, 0.4) is 0 Å². The summed E-state index contributed by atoms with van der Waals surface area (Å²) < 4.78 is 16.6. The third-order valence-electron chi connectivity index (χ3n) is 9.95. The van der Waals surface area contributed by atoms with Crippen LogP contribution in [-0.2, 0) is 28.6 Å². The van der Waals surface area contributed by atoms with Gasteiger partial charge >= 0.3 is 17.9 Å². The molecule has 6 heteroatoms. The summed E-state index contributed by atoms with van der Waals surface area (Å²) in [6, 6.07) is 0. The molecule has 0 heterocycles. The van der Waals surface area contributed by atoms with Crippen LogP contribution >= 0.6 is 0 Å². The molecule has 0 saturated heterocycles. The first kappa shape index (κ1) is 55.6. The number of unbranched alkanes of at least 4 members (excludes halogenated alkanes) is 20. The highest BCUT2D eigenvalue weighted by Gasteiger charge is 2.19. The molecule has 0 aliphatic carbocycles. The smallest absolute Gasteiger partial charge is 0.306 e. The molecular formula is C53H88O6. The molecule has 59 heavy (non-hydrogen) atoms. The second kappa shape index (κ2) is 47.3. The second-order valence-electron chi connectivity index (χ2n) is 15.7. The Morgan fingerprint density at radius 2 is 0.729 bits per heavy atom. The Bertz CT molecular complexity index is 1170. The van der Waals surface area contributed by atoms with Crippen LogP contribution in [0.5, 0.6) is 0 Å². The normalized spacial score (nSPS) is 12.8. The first-order valence-electron chi connectivity index (χ1n) is 24.1. The van der Waals surface area contributed by atoms with Gasteiger partial charge < -0.3 is 14.2 Å². The molecule has 1 unspecified atom stereocenters. The van der Waals surface area contributed by atoms with E-state index in [1.165, 1.54) is 70.6 Å². The van der Waals surface area contributed by atoms with Gasteiger partial charge in [-0.15, -0.1) is 0 Å². The van der Waals surface area contributed by atoms with Gasteiger partial charge in [0.2, 0.25) is 0 Å². The SMILES string of the molecule is CCCC/C=C\CCCCCCC(=O)OCC(COC(=O)CCCCCCC\C=C/C=C\C=C/C=C\CCCCC)OC(=O)CC/C=C\C/C=C\CCCCCCCC. The second-order valence-corrected chi connectivity index (χ2v) is 15.7. The molecule has 0 fully saturated rings. The van der Waals surface area contributed by atoms with E-state index in [2.05, 4.69) is 99.8 Å². The molecule has 0 rings (SSSR count). The predicted molar refractivity (Wildman–Crippen MR) is 251 cm³/mol. The van der Waals surface area contributed by atoms with Gasteiger partial charge in [0.1, 0.15) is 13.2 Å². The van der Waals surface area contributed by atoms with Crippen molar-refractivity contribution >= 4 is 17.9 Å². The summed E-state index contributed by atoms with van der Waals surface area (Å²) in [5, 5.41) is 0. The van der Waals surface area contributed by atoms with Gasteiger partial charge in [0.25, 0.3) is 0 Å². The van der Waals surface area contributed by atoms with E-state index in [0.29, 0.717) is 19.3 Å². The Morgan fingerprint density at radius 3 is 1.25 bits per heavy atom. The third-order valence-corrected chi connectivity index (χ3v) is 9.95. The largest absolute Gasteiger partial charge is 0.462 e. The molecule has 0 aliphatic heterocycles. The Labute approximate surface area is 363 Å². The maximum absolute atomic E-state index is 12.7. The van der Waals surface area contributed by atoms with Crippen molar-refractivity contribution < 1.29 is 28.6 Å². The molecular weight excluding hydrogens is 733 g/mol. The van der Waals surface area contributed by atoms with E-state index in [1.807, 2.05) is 6.08 Å². The number of hydrogen-bond acceptors (Lipinski definition) is 6. The summed E-state index contributed by atoms with van der Waals surface area (Å²) in [4.78, 5) is 37.8. The molecule has 0 aromatic carbocycles. The van der Waals surface area contributed by atoms with E-state index in [1.54, 1.807) is 0 Å². The molecule has 0 amide bonds. The Hall–Kier alpha value is -3.41. The quantitative estimate of drug-likeness (QED) is 0.0201. The zero-order chi connectivity index (χ0) is 43.0. The van der Waals surface area contributed by atoms with Crippen LogP contribution < -0.4 is 0 Å². The average molecular weight is 821 g/mol. The number of hydrogen-bond donors (Lipinski definition) is 0. The molecule has 0 aromatic heterocycles. The minimum Gasteiger partial charge on any atom is -0.462 e. The summed E-state index contributed by atoms with van der Waals surface area (Å²) in [6.07, 6.45) is 60.0. The first-order chi connectivity index (χ1) is 29.0. The monoisotopic (exact) mass is 821 g/mol. The van der Waals surface area contributed by atoms with E-state index in [0.717, 1.165) is 96.3 Å². The van der Waals surface area contributed by atoms with Crippen LogP contribution in [0.1, 0.15) is 213 Å².